The number of rotatable bonds is 1. The Labute approximate surface area is 80.7 Å². The van der Waals surface area contributed by atoms with Crippen LogP contribution < -0.4 is 5.56 Å². The van der Waals surface area contributed by atoms with E-state index in [1.807, 2.05) is 0 Å². The number of pyridine rings is 1. The number of H-pyrrole nitrogens is 1. The van der Waals surface area contributed by atoms with Crippen LogP contribution in [-0.2, 0) is 0 Å². The Bertz CT molecular complexity index is 490. The van der Waals surface area contributed by atoms with Crippen molar-refractivity contribution in [2.45, 2.75) is 6.92 Å². The van der Waals surface area contributed by atoms with Crippen LogP contribution in [0, 0.1) is 6.92 Å². The molecule has 14 heavy (non-hydrogen) atoms. The zero-order valence-electron chi connectivity index (χ0n) is 7.69. The Kier molecular flexibility index (Phi) is 2.10. The van der Waals surface area contributed by atoms with Crippen LogP contribution in [0.25, 0.3) is 11.3 Å². The van der Waals surface area contributed by atoms with Gasteiger partial charge >= 0.3 is 0 Å². The van der Waals surface area contributed by atoms with Crippen LogP contribution in [0.15, 0.2) is 35.5 Å². The van der Waals surface area contributed by atoms with Gasteiger partial charge in [-0.1, -0.05) is 0 Å². The first kappa shape index (κ1) is 8.62. The number of aryl methyl sites for hydroxylation is 1. The first-order valence-corrected chi connectivity index (χ1v) is 4.24. The second-order valence-electron chi connectivity index (χ2n) is 2.99. The summed E-state index contributed by atoms with van der Waals surface area (Å²) in [5.74, 6) is 0. The standard InChI is InChI=1S/C10H9N3O/c1-7-5-12-9(10(14)13-7)8-3-2-4-11-6-8/h2-6H,1H3,(H,13,14). The van der Waals surface area contributed by atoms with Crippen molar-refractivity contribution < 1.29 is 0 Å². The van der Waals surface area contributed by atoms with E-state index in [0.29, 0.717) is 5.69 Å². The van der Waals surface area contributed by atoms with Gasteiger partial charge in [0.05, 0.1) is 0 Å². The van der Waals surface area contributed by atoms with E-state index in [1.54, 1.807) is 37.6 Å². The molecule has 1 N–H and O–H groups in total. The van der Waals surface area contributed by atoms with Gasteiger partial charge in [-0.3, -0.25) is 9.78 Å². The van der Waals surface area contributed by atoms with Gasteiger partial charge in [0.1, 0.15) is 5.69 Å². The average Bonchev–Trinajstić information content (AvgIpc) is 2.19. The molecular weight excluding hydrogens is 178 g/mol. The highest BCUT2D eigenvalue weighted by atomic mass is 16.1. The van der Waals surface area contributed by atoms with Gasteiger partial charge in [-0.25, -0.2) is 4.98 Å². The largest absolute Gasteiger partial charge is 0.323 e. The molecule has 0 saturated carbocycles. The van der Waals surface area contributed by atoms with Gasteiger partial charge in [-0.15, -0.1) is 0 Å². The van der Waals surface area contributed by atoms with Gasteiger partial charge in [0.25, 0.3) is 5.56 Å². The number of aromatic amines is 1. The van der Waals surface area contributed by atoms with Crippen molar-refractivity contribution >= 4 is 0 Å². The predicted molar refractivity (Wildman–Crippen MR) is 52.8 cm³/mol. The lowest BCUT2D eigenvalue weighted by atomic mass is 10.2. The molecule has 0 aliphatic rings. The zero-order chi connectivity index (χ0) is 9.97. The monoisotopic (exact) mass is 187 g/mol. The second kappa shape index (κ2) is 3.41. The number of hydrogen-bond acceptors (Lipinski definition) is 3. The van der Waals surface area contributed by atoms with Crippen LogP contribution >= 0.6 is 0 Å². The minimum absolute atomic E-state index is 0.182. The normalized spacial score (nSPS) is 10.1. The summed E-state index contributed by atoms with van der Waals surface area (Å²) in [6, 6.07) is 3.58. The van der Waals surface area contributed by atoms with Crippen molar-refractivity contribution in [2.75, 3.05) is 0 Å². The highest BCUT2D eigenvalue weighted by Gasteiger charge is 2.03. The quantitative estimate of drug-likeness (QED) is 0.728. The van der Waals surface area contributed by atoms with Crippen molar-refractivity contribution in [1.29, 1.82) is 0 Å². The Morgan fingerprint density at radius 3 is 2.86 bits per heavy atom. The highest BCUT2D eigenvalue weighted by Crippen LogP contribution is 2.08. The fourth-order valence-corrected chi connectivity index (χ4v) is 1.20. The fraction of sp³-hybridized carbons (Fsp3) is 0.100. The minimum Gasteiger partial charge on any atom is -0.323 e. The van der Waals surface area contributed by atoms with Gasteiger partial charge in [0, 0.05) is 29.8 Å². The van der Waals surface area contributed by atoms with Gasteiger partial charge in [0.2, 0.25) is 0 Å². The summed E-state index contributed by atoms with van der Waals surface area (Å²) in [5, 5.41) is 0. The van der Waals surface area contributed by atoms with Crippen LogP contribution in [0.5, 0.6) is 0 Å². The van der Waals surface area contributed by atoms with Crippen LogP contribution in [0.2, 0.25) is 0 Å². The molecule has 0 aromatic carbocycles. The molecule has 0 aliphatic carbocycles. The smallest absolute Gasteiger partial charge is 0.274 e. The van der Waals surface area contributed by atoms with Crippen LogP contribution in [-0.4, -0.2) is 15.0 Å². The lowest BCUT2D eigenvalue weighted by Gasteiger charge is -1.98. The Hall–Kier alpha value is -1.97. The van der Waals surface area contributed by atoms with E-state index in [2.05, 4.69) is 15.0 Å². The SMILES string of the molecule is Cc1cnc(-c2cccnc2)c(=O)[nH]1. The maximum absolute atomic E-state index is 11.5. The summed E-state index contributed by atoms with van der Waals surface area (Å²) in [6.07, 6.45) is 4.91. The predicted octanol–water partition coefficient (Wildman–Crippen LogP) is 1.14. The Balaban J connectivity index is 2.59. The molecule has 0 saturated heterocycles. The molecule has 4 heteroatoms. The number of hydrogen-bond donors (Lipinski definition) is 1. The Morgan fingerprint density at radius 1 is 1.36 bits per heavy atom. The molecule has 0 spiro atoms. The lowest BCUT2D eigenvalue weighted by molar-refractivity contribution is 1.07. The third-order valence-electron chi connectivity index (χ3n) is 1.85. The summed E-state index contributed by atoms with van der Waals surface area (Å²) in [5.41, 5.74) is 1.71. The molecule has 4 nitrogen and oxygen atoms in total. The van der Waals surface area contributed by atoms with Crippen molar-refractivity contribution in [2.24, 2.45) is 0 Å². The van der Waals surface area contributed by atoms with E-state index in [9.17, 15) is 4.79 Å². The van der Waals surface area contributed by atoms with Gasteiger partial charge in [-0.2, -0.15) is 0 Å². The van der Waals surface area contributed by atoms with Gasteiger partial charge in [0.15, 0.2) is 0 Å². The third kappa shape index (κ3) is 1.54. The molecule has 0 atom stereocenters. The number of aromatic nitrogens is 3. The minimum atomic E-state index is -0.182. The first-order chi connectivity index (χ1) is 6.77. The van der Waals surface area contributed by atoms with Crippen molar-refractivity contribution in [1.82, 2.24) is 15.0 Å². The molecule has 2 aromatic heterocycles. The first-order valence-electron chi connectivity index (χ1n) is 4.24. The van der Waals surface area contributed by atoms with Crippen LogP contribution in [0.1, 0.15) is 5.69 Å². The Morgan fingerprint density at radius 2 is 2.21 bits per heavy atom. The highest BCUT2D eigenvalue weighted by molar-refractivity contribution is 5.55. The van der Waals surface area contributed by atoms with Crippen LogP contribution in [0.4, 0.5) is 0 Å². The zero-order valence-corrected chi connectivity index (χ0v) is 7.69. The summed E-state index contributed by atoms with van der Waals surface area (Å²) in [6.45, 7) is 1.79. The maximum atomic E-state index is 11.5. The average molecular weight is 187 g/mol. The van der Waals surface area contributed by atoms with Crippen molar-refractivity contribution in [3.63, 3.8) is 0 Å². The summed E-state index contributed by atoms with van der Waals surface area (Å²) in [4.78, 5) is 22.2. The van der Waals surface area contributed by atoms with E-state index in [0.717, 1.165) is 11.3 Å². The second-order valence-corrected chi connectivity index (χ2v) is 2.99. The van der Waals surface area contributed by atoms with E-state index in [-0.39, 0.29) is 5.56 Å². The number of nitrogens with zero attached hydrogens (tertiary/aromatic N) is 2. The number of nitrogens with one attached hydrogen (secondary N) is 1. The molecule has 0 amide bonds. The van der Waals surface area contributed by atoms with Gasteiger partial charge in [-0.05, 0) is 19.1 Å². The van der Waals surface area contributed by atoms with Crippen molar-refractivity contribution in [3.8, 4) is 11.3 Å². The van der Waals surface area contributed by atoms with E-state index in [1.165, 1.54) is 0 Å². The third-order valence-corrected chi connectivity index (χ3v) is 1.85. The maximum Gasteiger partial charge on any atom is 0.274 e. The van der Waals surface area contributed by atoms with E-state index < -0.39 is 0 Å². The lowest BCUT2D eigenvalue weighted by Crippen LogP contribution is -2.11. The fourth-order valence-electron chi connectivity index (χ4n) is 1.20. The molecule has 0 bridgehead atoms. The molecule has 2 aromatic rings. The van der Waals surface area contributed by atoms with Crippen LogP contribution in [0.3, 0.4) is 0 Å². The summed E-state index contributed by atoms with van der Waals surface area (Å²) in [7, 11) is 0. The van der Waals surface area contributed by atoms with Gasteiger partial charge < -0.3 is 4.98 Å². The molecule has 0 aliphatic heterocycles. The molecular formula is C10H9N3O. The summed E-state index contributed by atoms with van der Waals surface area (Å²) < 4.78 is 0. The molecule has 0 fully saturated rings. The molecule has 0 unspecified atom stereocenters. The molecule has 0 radical (unpaired) electrons. The summed E-state index contributed by atoms with van der Waals surface area (Å²) >= 11 is 0. The molecule has 70 valence electrons. The topological polar surface area (TPSA) is 58.6 Å². The van der Waals surface area contributed by atoms with E-state index in [4.69, 9.17) is 0 Å². The molecule has 2 rings (SSSR count). The van der Waals surface area contributed by atoms with E-state index >= 15 is 0 Å². The molecule has 2 heterocycles. The van der Waals surface area contributed by atoms with Crippen molar-refractivity contribution in [3.05, 3.63) is 46.8 Å².